The van der Waals surface area contributed by atoms with Crippen molar-refractivity contribution < 1.29 is 9.47 Å². The summed E-state index contributed by atoms with van der Waals surface area (Å²) in [5, 5.41) is 2.16. The summed E-state index contributed by atoms with van der Waals surface area (Å²) in [6.45, 7) is 7.54. The summed E-state index contributed by atoms with van der Waals surface area (Å²) >= 11 is 1.82. The third-order valence-electron chi connectivity index (χ3n) is 5.76. The van der Waals surface area contributed by atoms with Crippen molar-refractivity contribution in [3.05, 3.63) is 94.2 Å². The zero-order valence-corrected chi connectivity index (χ0v) is 19.0. The Hall–Kier alpha value is -2.40. The Morgan fingerprint density at radius 2 is 1.81 bits per heavy atom. The van der Waals surface area contributed by atoms with Crippen LogP contribution in [0.15, 0.2) is 78.2 Å². The lowest BCUT2D eigenvalue weighted by Gasteiger charge is -2.26. The standard InChI is InChI=1S/C27H31NO2S/c1-2-22(23-7-4-3-5-8-23)21-26(27-9-6-20-31-27)24-10-12-25(13-11-24)30-19-16-28-14-17-29-18-15-28/h3-13,20-21,26H,2,14-19H2,1H3/b22-21+. The van der Waals surface area contributed by atoms with Crippen molar-refractivity contribution in [2.45, 2.75) is 19.3 Å². The van der Waals surface area contributed by atoms with Crippen LogP contribution in [0.25, 0.3) is 5.57 Å². The van der Waals surface area contributed by atoms with Crippen LogP contribution in [-0.4, -0.2) is 44.4 Å². The molecule has 1 aliphatic rings. The molecule has 1 atom stereocenters. The number of allylic oxidation sites excluding steroid dienone is 2. The molecule has 0 saturated carbocycles. The highest BCUT2D eigenvalue weighted by molar-refractivity contribution is 7.10. The van der Waals surface area contributed by atoms with E-state index >= 15 is 0 Å². The number of benzene rings is 2. The number of hydrogen-bond donors (Lipinski definition) is 0. The lowest BCUT2D eigenvalue weighted by atomic mass is 9.91. The molecule has 4 heteroatoms. The zero-order valence-electron chi connectivity index (χ0n) is 18.2. The lowest BCUT2D eigenvalue weighted by Crippen LogP contribution is -2.38. The maximum Gasteiger partial charge on any atom is 0.119 e. The number of ether oxygens (including phenoxy) is 2. The van der Waals surface area contributed by atoms with Gasteiger partial charge in [-0.1, -0.05) is 61.5 Å². The molecule has 2 heterocycles. The molecule has 3 nitrogen and oxygen atoms in total. The highest BCUT2D eigenvalue weighted by Crippen LogP contribution is 2.34. The average molecular weight is 434 g/mol. The van der Waals surface area contributed by atoms with Crippen LogP contribution in [0.4, 0.5) is 0 Å². The van der Waals surface area contributed by atoms with Gasteiger partial charge in [-0.3, -0.25) is 4.90 Å². The van der Waals surface area contributed by atoms with E-state index in [0.717, 1.165) is 45.0 Å². The van der Waals surface area contributed by atoms with Crippen LogP contribution in [0.1, 0.15) is 35.3 Å². The smallest absolute Gasteiger partial charge is 0.119 e. The summed E-state index contributed by atoms with van der Waals surface area (Å²) in [4.78, 5) is 3.76. The van der Waals surface area contributed by atoms with Gasteiger partial charge in [0.05, 0.1) is 13.2 Å². The van der Waals surface area contributed by atoms with E-state index in [1.807, 2.05) is 11.3 Å². The van der Waals surface area contributed by atoms with Crippen molar-refractivity contribution in [2.75, 3.05) is 39.5 Å². The van der Waals surface area contributed by atoms with Gasteiger partial charge in [0.15, 0.2) is 0 Å². The van der Waals surface area contributed by atoms with E-state index in [4.69, 9.17) is 9.47 Å². The van der Waals surface area contributed by atoms with Gasteiger partial charge in [0, 0.05) is 30.4 Å². The number of rotatable bonds is 9. The SMILES string of the molecule is CC/C(=C\C(c1ccc(OCCN2CCOCC2)cc1)c1cccs1)c1ccccc1. The minimum atomic E-state index is 0.248. The molecule has 1 saturated heterocycles. The first kappa shape index (κ1) is 21.8. The van der Waals surface area contributed by atoms with Crippen molar-refractivity contribution >= 4 is 16.9 Å². The van der Waals surface area contributed by atoms with Crippen molar-refractivity contribution in [3.63, 3.8) is 0 Å². The second-order valence-corrected chi connectivity index (χ2v) is 8.76. The monoisotopic (exact) mass is 433 g/mol. The van der Waals surface area contributed by atoms with Crippen LogP contribution in [0.5, 0.6) is 5.75 Å². The van der Waals surface area contributed by atoms with E-state index in [1.165, 1.54) is 21.6 Å². The molecule has 162 valence electrons. The Kier molecular flexibility index (Phi) is 7.94. The quantitative estimate of drug-likeness (QED) is 0.408. The predicted molar refractivity (Wildman–Crippen MR) is 130 cm³/mol. The summed E-state index contributed by atoms with van der Waals surface area (Å²) in [6, 6.07) is 23.7. The summed E-state index contributed by atoms with van der Waals surface area (Å²) in [5.74, 6) is 1.18. The summed E-state index contributed by atoms with van der Waals surface area (Å²) in [6.07, 6.45) is 3.43. The molecule has 4 rings (SSSR count). The van der Waals surface area contributed by atoms with Crippen LogP contribution in [0.3, 0.4) is 0 Å². The normalized spacial score (nSPS) is 16.2. The minimum Gasteiger partial charge on any atom is -0.492 e. The van der Waals surface area contributed by atoms with Crippen LogP contribution in [0.2, 0.25) is 0 Å². The molecule has 1 fully saturated rings. The van der Waals surface area contributed by atoms with Gasteiger partial charge in [-0.25, -0.2) is 0 Å². The van der Waals surface area contributed by atoms with Gasteiger partial charge in [-0.2, -0.15) is 0 Å². The van der Waals surface area contributed by atoms with Gasteiger partial charge in [-0.15, -0.1) is 11.3 Å². The van der Waals surface area contributed by atoms with Crippen molar-refractivity contribution in [1.29, 1.82) is 0 Å². The van der Waals surface area contributed by atoms with Crippen molar-refractivity contribution in [3.8, 4) is 5.75 Å². The maximum atomic E-state index is 6.01. The third-order valence-corrected chi connectivity index (χ3v) is 6.72. The molecule has 1 aromatic heterocycles. The number of thiophene rings is 1. The largest absolute Gasteiger partial charge is 0.492 e. The van der Waals surface area contributed by atoms with E-state index in [1.54, 1.807) is 0 Å². The van der Waals surface area contributed by atoms with Crippen molar-refractivity contribution in [2.24, 2.45) is 0 Å². The highest BCUT2D eigenvalue weighted by atomic mass is 32.1. The van der Waals surface area contributed by atoms with E-state index in [0.29, 0.717) is 6.61 Å². The average Bonchev–Trinajstić information content (AvgIpc) is 3.36. The van der Waals surface area contributed by atoms with Crippen LogP contribution < -0.4 is 4.74 Å². The first-order chi connectivity index (χ1) is 15.3. The lowest BCUT2D eigenvalue weighted by molar-refractivity contribution is 0.0322. The molecule has 31 heavy (non-hydrogen) atoms. The van der Waals surface area contributed by atoms with E-state index in [2.05, 4.69) is 90.0 Å². The Bertz CT molecular complexity index is 929. The molecule has 0 amide bonds. The van der Waals surface area contributed by atoms with Gasteiger partial charge in [0.2, 0.25) is 0 Å². The number of nitrogens with zero attached hydrogens (tertiary/aromatic N) is 1. The summed E-state index contributed by atoms with van der Waals surface area (Å²) in [5.41, 5.74) is 3.98. The molecular formula is C27H31NO2S. The molecule has 0 radical (unpaired) electrons. The third kappa shape index (κ3) is 6.07. The van der Waals surface area contributed by atoms with Gasteiger partial charge < -0.3 is 9.47 Å². The molecule has 0 bridgehead atoms. The first-order valence-corrected chi connectivity index (χ1v) is 12.0. The van der Waals surface area contributed by atoms with Gasteiger partial charge >= 0.3 is 0 Å². The predicted octanol–water partition coefficient (Wildman–Crippen LogP) is 6.08. The number of morpholine rings is 1. The molecule has 0 spiro atoms. The summed E-state index contributed by atoms with van der Waals surface area (Å²) < 4.78 is 11.4. The Balaban J connectivity index is 1.48. The van der Waals surface area contributed by atoms with E-state index < -0.39 is 0 Å². The topological polar surface area (TPSA) is 21.7 Å². The fraction of sp³-hybridized carbons (Fsp3) is 0.333. The molecular weight excluding hydrogens is 402 g/mol. The van der Waals surface area contributed by atoms with Gasteiger partial charge in [-0.05, 0) is 46.7 Å². The van der Waals surface area contributed by atoms with Crippen molar-refractivity contribution in [1.82, 2.24) is 4.90 Å². The fourth-order valence-electron chi connectivity index (χ4n) is 3.97. The molecule has 2 aromatic carbocycles. The molecule has 3 aromatic rings. The van der Waals surface area contributed by atoms with Crippen LogP contribution >= 0.6 is 11.3 Å². The molecule has 0 N–H and O–H groups in total. The van der Waals surface area contributed by atoms with Crippen LogP contribution in [0, 0.1) is 0 Å². The Morgan fingerprint density at radius 3 is 2.48 bits per heavy atom. The zero-order chi connectivity index (χ0) is 21.3. The molecule has 1 aliphatic heterocycles. The minimum absolute atomic E-state index is 0.248. The maximum absolute atomic E-state index is 6.01. The highest BCUT2D eigenvalue weighted by Gasteiger charge is 2.15. The van der Waals surface area contributed by atoms with Crippen LogP contribution in [-0.2, 0) is 4.74 Å². The molecule has 1 unspecified atom stereocenters. The summed E-state index contributed by atoms with van der Waals surface area (Å²) in [7, 11) is 0. The second-order valence-electron chi connectivity index (χ2n) is 7.78. The second kappa shape index (κ2) is 11.3. The van der Waals surface area contributed by atoms with E-state index in [9.17, 15) is 0 Å². The van der Waals surface area contributed by atoms with Gasteiger partial charge in [0.25, 0.3) is 0 Å². The Morgan fingerprint density at radius 1 is 1.03 bits per heavy atom. The Labute approximate surface area is 189 Å². The van der Waals surface area contributed by atoms with E-state index in [-0.39, 0.29) is 5.92 Å². The first-order valence-electron chi connectivity index (χ1n) is 11.2. The number of hydrogen-bond acceptors (Lipinski definition) is 4. The van der Waals surface area contributed by atoms with Gasteiger partial charge in [0.1, 0.15) is 12.4 Å². The fourth-order valence-corrected chi connectivity index (χ4v) is 4.79. The molecule has 0 aliphatic carbocycles.